The van der Waals surface area contributed by atoms with E-state index in [9.17, 15) is 4.39 Å². The summed E-state index contributed by atoms with van der Waals surface area (Å²) < 4.78 is 19.2. The molecule has 0 saturated heterocycles. The van der Waals surface area contributed by atoms with Crippen LogP contribution in [-0.4, -0.2) is 16.7 Å². The van der Waals surface area contributed by atoms with Crippen LogP contribution in [0.3, 0.4) is 0 Å². The summed E-state index contributed by atoms with van der Waals surface area (Å²) in [6.45, 7) is 2.53. The molecule has 1 heterocycles. The van der Waals surface area contributed by atoms with Gasteiger partial charge in [0.05, 0.1) is 5.92 Å². The molecule has 0 radical (unpaired) electrons. The van der Waals surface area contributed by atoms with Crippen molar-refractivity contribution in [2.45, 2.75) is 25.7 Å². The molecule has 0 amide bonds. The molecular weight excluding hydrogens is 313 g/mol. The van der Waals surface area contributed by atoms with Crippen molar-refractivity contribution in [3.8, 4) is 11.4 Å². The lowest BCUT2D eigenvalue weighted by Gasteiger charge is -2.06. The van der Waals surface area contributed by atoms with Gasteiger partial charge in [0.15, 0.2) is 0 Å². The van der Waals surface area contributed by atoms with Crippen molar-refractivity contribution in [1.29, 1.82) is 0 Å². The SMILES string of the molecule is CCCC(CN)c1nc(-c2cc(F)cc(Br)c2)no1. The molecule has 0 aliphatic rings. The van der Waals surface area contributed by atoms with E-state index in [0.717, 1.165) is 12.8 Å². The molecule has 2 N–H and O–H groups in total. The largest absolute Gasteiger partial charge is 0.339 e. The van der Waals surface area contributed by atoms with Crippen molar-refractivity contribution in [3.05, 3.63) is 34.4 Å². The zero-order valence-corrected chi connectivity index (χ0v) is 12.2. The number of hydrogen-bond donors (Lipinski definition) is 1. The summed E-state index contributed by atoms with van der Waals surface area (Å²) >= 11 is 3.24. The molecule has 1 atom stereocenters. The second-order valence-corrected chi connectivity index (χ2v) is 5.25. The predicted molar refractivity (Wildman–Crippen MR) is 74.1 cm³/mol. The smallest absolute Gasteiger partial charge is 0.231 e. The Balaban J connectivity index is 2.29. The van der Waals surface area contributed by atoms with Gasteiger partial charge >= 0.3 is 0 Å². The van der Waals surface area contributed by atoms with Crippen LogP contribution < -0.4 is 5.73 Å². The Morgan fingerprint density at radius 1 is 1.42 bits per heavy atom. The summed E-state index contributed by atoms with van der Waals surface area (Å²) in [7, 11) is 0. The molecule has 2 rings (SSSR count). The molecule has 2 aromatic rings. The molecule has 0 spiro atoms. The fourth-order valence-electron chi connectivity index (χ4n) is 1.89. The Bertz CT molecular complexity index is 538. The number of halogens is 2. The van der Waals surface area contributed by atoms with E-state index in [4.69, 9.17) is 10.3 Å². The van der Waals surface area contributed by atoms with Gasteiger partial charge in [-0.15, -0.1) is 0 Å². The molecule has 1 unspecified atom stereocenters. The lowest BCUT2D eigenvalue weighted by molar-refractivity contribution is 0.347. The van der Waals surface area contributed by atoms with Crippen LogP contribution in [0.5, 0.6) is 0 Å². The molecule has 0 aliphatic carbocycles. The molecule has 102 valence electrons. The van der Waals surface area contributed by atoms with Crippen molar-refractivity contribution >= 4 is 15.9 Å². The van der Waals surface area contributed by atoms with Gasteiger partial charge in [-0.2, -0.15) is 4.98 Å². The maximum Gasteiger partial charge on any atom is 0.231 e. The first-order valence-corrected chi connectivity index (χ1v) is 6.93. The third-order valence-electron chi connectivity index (χ3n) is 2.83. The fraction of sp³-hybridized carbons (Fsp3) is 0.385. The molecule has 0 fully saturated rings. The van der Waals surface area contributed by atoms with Crippen LogP contribution in [0.4, 0.5) is 4.39 Å². The summed E-state index contributed by atoms with van der Waals surface area (Å²) in [5.74, 6) is 0.604. The average Bonchev–Trinajstić information content (AvgIpc) is 2.84. The molecule has 19 heavy (non-hydrogen) atoms. The van der Waals surface area contributed by atoms with Gasteiger partial charge in [0.1, 0.15) is 5.82 Å². The van der Waals surface area contributed by atoms with Crippen molar-refractivity contribution in [3.63, 3.8) is 0 Å². The molecular formula is C13H15BrFN3O. The summed E-state index contributed by atoms with van der Waals surface area (Å²) in [5, 5.41) is 3.89. The van der Waals surface area contributed by atoms with E-state index in [2.05, 4.69) is 33.0 Å². The van der Waals surface area contributed by atoms with Crippen molar-refractivity contribution in [1.82, 2.24) is 10.1 Å². The summed E-state index contributed by atoms with van der Waals surface area (Å²) in [4.78, 5) is 4.31. The Morgan fingerprint density at radius 2 is 2.21 bits per heavy atom. The van der Waals surface area contributed by atoms with Crippen LogP contribution in [0, 0.1) is 5.82 Å². The van der Waals surface area contributed by atoms with E-state index in [1.54, 1.807) is 6.07 Å². The standard InChI is InChI=1S/C13H15BrFN3O/c1-2-3-8(7-16)13-17-12(18-19-13)9-4-10(14)6-11(15)5-9/h4-6,8H,2-3,7,16H2,1H3. The minimum atomic E-state index is -0.348. The number of nitrogens with two attached hydrogens (primary N) is 1. The first kappa shape index (κ1) is 14.1. The van der Waals surface area contributed by atoms with E-state index in [1.165, 1.54) is 12.1 Å². The maximum absolute atomic E-state index is 13.3. The quantitative estimate of drug-likeness (QED) is 0.913. The number of rotatable bonds is 5. The minimum Gasteiger partial charge on any atom is -0.339 e. The number of nitrogens with zero attached hydrogens (tertiary/aromatic N) is 2. The van der Waals surface area contributed by atoms with E-state index < -0.39 is 0 Å². The zero-order valence-electron chi connectivity index (χ0n) is 10.6. The molecule has 4 nitrogen and oxygen atoms in total. The van der Waals surface area contributed by atoms with Gasteiger partial charge in [-0.1, -0.05) is 34.4 Å². The Hall–Kier alpha value is -1.27. The Labute approximate surface area is 119 Å². The number of hydrogen-bond acceptors (Lipinski definition) is 4. The predicted octanol–water partition coefficient (Wildman–Crippen LogP) is 3.48. The summed E-state index contributed by atoms with van der Waals surface area (Å²) in [5.41, 5.74) is 6.27. The molecule has 6 heteroatoms. The van der Waals surface area contributed by atoms with Gasteiger partial charge in [-0.25, -0.2) is 4.39 Å². The first-order chi connectivity index (χ1) is 9.13. The minimum absolute atomic E-state index is 0.0586. The Kier molecular flexibility index (Phi) is 4.66. The lowest BCUT2D eigenvalue weighted by atomic mass is 10.0. The Morgan fingerprint density at radius 3 is 2.84 bits per heavy atom. The zero-order chi connectivity index (χ0) is 13.8. The van der Waals surface area contributed by atoms with Crippen LogP contribution in [0.15, 0.2) is 27.2 Å². The summed E-state index contributed by atoms with van der Waals surface area (Å²) in [6, 6.07) is 4.50. The van der Waals surface area contributed by atoms with E-state index >= 15 is 0 Å². The van der Waals surface area contributed by atoms with Crippen molar-refractivity contribution in [2.75, 3.05) is 6.54 Å². The van der Waals surface area contributed by atoms with Gasteiger partial charge in [0.25, 0.3) is 0 Å². The third kappa shape index (κ3) is 3.39. The summed E-state index contributed by atoms with van der Waals surface area (Å²) in [6.07, 6.45) is 1.88. The van der Waals surface area contributed by atoms with Crippen LogP contribution in [-0.2, 0) is 0 Å². The van der Waals surface area contributed by atoms with E-state index in [0.29, 0.717) is 28.3 Å². The van der Waals surface area contributed by atoms with E-state index in [1.807, 2.05) is 0 Å². The molecule has 0 bridgehead atoms. The van der Waals surface area contributed by atoms with Crippen LogP contribution in [0.2, 0.25) is 0 Å². The highest BCUT2D eigenvalue weighted by atomic mass is 79.9. The second-order valence-electron chi connectivity index (χ2n) is 4.34. The lowest BCUT2D eigenvalue weighted by Crippen LogP contribution is -2.12. The highest BCUT2D eigenvalue weighted by molar-refractivity contribution is 9.10. The average molecular weight is 328 g/mol. The normalized spacial score (nSPS) is 12.6. The number of benzene rings is 1. The van der Waals surface area contributed by atoms with Crippen LogP contribution in [0.1, 0.15) is 31.6 Å². The molecule has 1 aromatic heterocycles. The topological polar surface area (TPSA) is 64.9 Å². The van der Waals surface area contributed by atoms with Gasteiger partial charge in [0.2, 0.25) is 11.7 Å². The molecule has 0 saturated carbocycles. The first-order valence-electron chi connectivity index (χ1n) is 6.14. The van der Waals surface area contributed by atoms with Gasteiger partial charge in [-0.3, -0.25) is 0 Å². The van der Waals surface area contributed by atoms with E-state index in [-0.39, 0.29) is 11.7 Å². The maximum atomic E-state index is 13.3. The third-order valence-corrected chi connectivity index (χ3v) is 3.29. The van der Waals surface area contributed by atoms with Crippen molar-refractivity contribution < 1.29 is 8.91 Å². The molecule has 1 aromatic carbocycles. The van der Waals surface area contributed by atoms with Gasteiger partial charge in [0, 0.05) is 16.6 Å². The molecule has 0 aliphatic heterocycles. The highest BCUT2D eigenvalue weighted by Gasteiger charge is 2.17. The van der Waals surface area contributed by atoms with Gasteiger partial charge < -0.3 is 10.3 Å². The fourth-order valence-corrected chi connectivity index (χ4v) is 2.36. The monoisotopic (exact) mass is 327 g/mol. The highest BCUT2D eigenvalue weighted by Crippen LogP contribution is 2.25. The second kappa shape index (κ2) is 6.25. The van der Waals surface area contributed by atoms with Crippen LogP contribution >= 0.6 is 15.9 Å². The van der Waals surface area contributed by atoms with Crippen LogP contribution in [0.25, 0.3) is 11.4 Å². The van der Waals surface area contributed by atoms with Crippen molar-refractivity contribution in [2.24, 2.45) is 5.73 Å². The van der Waals surface area contributed by atoms with Gasteiger partial charge in [-0.05, 0) is 24.6 Å². The number of aromatic nitrogens is 2.